The van der Waals surface area contributed by atoms with Crippen LogP contribution in [-0.2, 0) is 11.2 Å². The van der Waals surface area contributed by atoms with Crippen molar-refractivity contribution in [1.29, 1.82) is 0 Å². The summed E-state index contributed by atoms with van der Waals surface area (Å²) in [6, 6.07) is 13.5. The molecule has 0 saturated heterocycles. The molecule has 0 saturated carbocycles. The molecular formula is C28H27N3O7. The molecule has 1 amide bonds. The number of benzene rings is 3. The number of primary amides is 1. The number of phenols is 2. The summed E-state index contributed by atoms with van der Waals surface area (Å²) in [7, 11) is 0. The van der Waals surface area contributed by atoms with E-state index in [1.54, 1.807) is 30.3 Å². The zero-order valence-electron chi connectivity index (χ0n) is 20.4. The van der Waals surface area contributed by atoms with Gasteiger partial charge in [0.15, 0.2) is 23.0 Å². The molecule has 4 rings (SSSR count). The number of rotatable bonds is 10. The van der Waals surface area contributed by atoms with Gasteiger partial charge in [-0.1, -0.05) is 24.6 Å². The lowest BCUT2D eigenvalue weighted by Gasteiger charge is -2.08. The van der Waals surface area contributed by atoms with Crippen molar-refractivity contribution in [2.24, 2.45) is 5.73 Å². The number of hydrogen-bond donors (Lipinski definition) is 5. The molecule has 0 fully saturated rings. The standard InChI is InChI=1S/C28H27N3O7/c29-18-11-16(12-19(30)27(18)35)26(34)25-17-13-20(32)23(38-28(36)15-7-3-1-4-8-15)14-22(17)37-21(25)9-5-2-6-10-24(31)33/h1,3-4,7-8,11-14,32,35H,2,5-6,9-10,29-30H2,(H2,31,33). The molecule has 0 aliphatic carbocycles. The van der Waals surface area contributed by atoms with Gasteiger partial charge in [0.05, 0.1) is 22.5 Å². The van der Waals surface area contributed by atoms with E-state index in [0.29, 0.717) is 42.4 Å². The fourth-order valence-corrected chi connectivity index (χ4v) is 4.12. The first-order valence-corrected chi connectivity index (χ1v) is 11.9. The topological polar surface area (TPSA) is 192 Å². The van der Waals surface area contributed by atoms with Gasteiger partial charge >= 0.3 is 5.97 Å². The molecule has 0 spiro atoms. The molecule has 38 heavy (non-hydrogen) atoms. The molecule has 10 heteroatoms. The summed E-state index contributed by atoms with van der Waals surface area (Å²) in [6.45, 7) is 0. The Morgan fingerprint density at radius 2 is 1.55 bits per heavy atom. The van der Waals surface area contributed by atoms with Crippen LogP contribution >= 0.6 is 0 Å². The number of furan rings is 1. The minimum absolute atomic E-state index is 0.0629. The van der Waals surface area contributed by atoms with E-state index in [1.165, 1.54) is 24.3 Å². The van der Waals surface area contributed by atoms with E-state index in [9.17, 15) is 24.6 Å². The van der Waals surface area contributed by atoms with E-state index < -0.39 is 11.8 Å². The molecule has 0 atom stereocenters. The van der Waals surface area contributed by atoms with Crippen LogP contribution in [0.1, 0.15) is 57.7 Å². The number of aromatic hydroxyl groups is 2. The van der Waals surface area contributed by atoms with Gasteiger partial charge in [-0.3, -0.25) is 9.59 Å². The van der Waals surface area contributed by atoms with Crippen molar-refractivity contribution in [1.82, 2.24) is 0 Å². The lowest BCUT2D eigenvalue weighted by Crippen LogP contribution is -2.09. The number of aryl methyl sites for hydroxylation is 1. The van der Waals surface area contributed by atoms with Crippen LogP contribution in [0.4, 0.5) is 11.4 Å². The minimum Gasteiger partial charge on any atom is -0.504 e. The van der Waals surface area contributed by atoms with Crippen molar-refractivity contribution in [3.05, 3.63) is 77.0 Å². The van der Waals surface area contributed by atoms with Gasteiger partial charge in [-0.2, -0.15) is 0 Å². The van der Waals surface area contributed by atoms with Gasteiger partial charge in [0.25, 0.3) is 0 Å². The Morgan fingerprint density at radius 1 is 0.868 bits per heavy atom. The van der Waals surface area contributed by atoms with Crippen molar-refractivity contribution in [3.63, 3.8) is 0 Å². The number of hydrogen-bond acceptors (Lipinski definition) is 9. The number of fused-ring (bicyclic) bond motifs is 1. The third-order valence-corrected chi connectivity index (χ3v) is 6.04. The van der Waals surface area contributed by atoms with E-state index >= 15 is 0 Å². The van der Waals surface area contributed by atoms with Gasteiger partial charge in [-0.25, -0.2) is 4.79 Å². The largest absolute Gasteiger partial charge is 0.504 e. The monoisotopic (exact) mass is 517 g/mol. The summed E-state index contributed by atoms with van der Waals surface area (Å²) in [5.74, 6) is -2.04. The smallest absolute Gasteiger partial charge is 0.343 e. The summed E-state index contributed by atoms with van der Waals surface area (Å²) >= 11 is 0. The van der Waals surface area contributed by atoms with Gasteiger partial charge in [0.1, 0.15) is 11.3 Å². The molecule has 4 aromatic rings. The Kier molecular flexibility index (Phi) is 7.52. The van der Waals surface area contributed by atoms with Crippen LogP contribution in [0.2, 0.25) is 0 Å². The Morgan fingerprint density at radius 3 is 2.21 bits per heavy atom. The predicted molar refractivity (Wildman–Crippen MR) is 141 cm³/mol. The number of phenolic OH excluding ortho intramolecular Hbond substituents is 2. The van der Waals surface area contributed by atoms with Gasteiger partial charge in [-0.05, 0) is 43.2 Å². The number of nitrogens with two attached hydrogens (primary N) is 3. The predicted octanol–water partition coefficient (Wildman–Crippen LogP) is 4.05. The second kappa shape index (κ2) is 11.0. The van der Waals surface area contributed by atoms with Crippen LogP contribution in [-0.4, -0.2) is 27.9 Å². The summed E-state index contributed by atoms with van der Waals surface area (Å²) < 4.78 is 11.4. The first kappa shape index (κ1) is 26.1. The van der Waals surface area contributed by atoms with Crippen LogP contribution in [0.5, 0.6) is 17.2 Å². The van der Waals surface area contributed by atoms with Crippen LogP contribution in [0, 0.1) is 0 Å². The van der Waals surface area contributed by atoms with Crippen molar-refractivity contribution >= 4 is 40.0 Å². The third kappa shape index (κ3) is 5.54. The first-order chi connectivity index (χ1) is 18.2. The summed E-state index contributed by atoms with van der Waals surface area (Å²) in [5, 5.41) is 20.9. The second-order valence-electron chi connectivity index (χ2n) is 8.83. The van der Waals surface area contributed by atoms with E-state index in [4.69, 9.17) is 26.4 Å². The fourth-order valence-electron chi connectivity index (χ4n) is 4.12. The van der Waals surface area contributed by atoms with E-state index in [1.807, 2.05) is 0 Å². The quantitative estimate of drug-likeness (QED) is 0.0515. The summed E-state index contributed by atoms with van der Waals surface area (Å²) in [6.07, 6.45) is 2.44. The van der Waals surface area contributed by atoms with Crippen LogP contribution in [0.15, 0.2) is 59.0 Å². The average molecular weight is 518 g/mol. The second-order valence-corrected chi connectivity index (χ2v) is 8.83. The maximum atomic E-state index is 13.6. The zero-order valence-corrected chi connectivity index (χ0v) is 20.4. The number of amides is 1. The molecule has 0 radical (unpaired) electrons. The van der Waals surface area contributed by atoms with E-state index in [0.717, 1.165) is 0 Å². The van der Waals surface area contributed by atoms with Gasteiger partial charge < -0.3 is 36.6 Å². The van der Waals surface area contributed by atoms with Crippen molar-refractivity contribution in [3.8, 4) is 17.2 Å². The Bertz CT molecular complexity index is 1500. The molecule has 1 aromatic heterocycles. The molecular weight excluding hydrogens is 490 g/mol. The molecule has 3 aromatic carbocycles. The van der Waals surface area contributed by atoms with Crippen molar-refractivity contribution < 1.29 is 33.8 Å². The molecule has 1 heterocycles. The number of ketones is 1. The molecule has 196 valence electrons. The molecule has 10 nitrogen and oxygen atoms in total. The number of carbonyl (C=O) groups excluding carboxylic acids is 3. The van der Waals surface area contributed by atoms with E-state index in [2.05, 4.69) is 0 Å². The highest BCUT2D eigenvalue weighted by Crippen LogP contribution is 2.39. The molecule has 0 aliphatic rings. The first-order valence-electron chi connectivity index (χ1n) is 11.9. The normalized spacial score (nSPS) is 10.9. The van der Waals surface area contributed by atoms with Gasteiger partial charge in [0, 0.05) is 29.9 Å². The maximum Gasteiger partial charge on any atom is 0.343 e. The van der Waals surface area contributed by atoms with Crippen LogP contribution in [0.3, 0.4) is 0 Å². The minimum atomic E-state index is -0.673. The van der Waals surface area contributed by atoms with Crippen LogP contribution in [0.25, 0.3) is 11.0 Å². The number of carbonyl (C=O) groups is 3. The highest BCUT2D eigenvalue weighted by atomic mass is 16.5. The molecule has 8 N–H and O–H groups in total. The van der Waals surface area contributed by atoms with Crippen LogP contribution < -0.4 is 21.9 Å². The average Bonchev–Trinajstić information content (AvgIpc) is 3.23. The Balaban J connectivity index is 1.72. The third-order valence-electron chi connectivity index (χ3n) is 6.04. The molecule has 0 unspecified atom stereocenters. The number of anilines is 2. The number of unbranched alkanes of at least 4 members (excludes halogenated alkanes) is 2. The van der Waals surface area contributed by atoms with Crippen molar-refractivity contribution in [2.45, 2.75) is 32.1 Å². The number of ether oxygens (including phenoxy) is 1. The maximum absolute atomic E-state index is 13.6. The van der Waals surface area contributed by atoms with Gasteiger partial charge in [-0.15, -0.1) is 0 Å². The lowest BCUT2D eigenvalue weighted by molar-refractivity contribution is -0.118. The van der Waals surface area contributed by atoms with E-state index in [-0.39, 0.29) is 57.7 Å². The number of nitrogen functional groups attached to an aromatic ring is 2. The van der Waals surface area contributed by atoms with Crippen molar-refractivity contribution in [2.75, 3.05) is 11.5 Å². The highest BCUT2D eigenvalue weighted by molar-refractivity contribution is 6.18. The molecule has 0 bridgehead atoms. The SMILES string of the molecule is NC(=O)CCCCCc1oc2cc(OC(=O)c3ccccc3)c(O)cc2c1C(=O)c1cc(N)c(O)c(N)c1. The molecule has 0 aliphatic heterocycles. The number of esters is 1. The Hall–Kier alpha value is -4.99. The Labute approximate surface area is 217 Å². The lowest BCUT2D eigenvalue weighted by atomic mass is 9.97. The fraction of sp³-hybridized carbons (Fsp3) is 0.179. The summed E-state index contributed by atoms with van der Waals surface area (Å²) in [5.41, 5.74) is 17.5. The zero-order chi connectivity index (χ0) is 27.4. The summed E-state index contributed by atoms with van der Waals surface area (Å²) in [4.78, 5) is 37.2. The van der Waals surface area contributed by atoms with Gasteiger partial charge in [0.2, 0.25) is 5.91 Å². The highest BCUT2D eigenvalue weighted by Gasteiger charge is 2.25.